The molecule has 0 spiro atoms. The first-order valence-corrected chi connectivity index (χ1v) is 10.2. The van der Waals surface area contributed by atoms with Gasteiger partial charge >= 0.3 is 0 Å². The molecular weight excluding hydrogens is 406 g/mol. The number of carbonyl (C=O) groups excluding carboxylic acids is 1. The van der Waals surface area contributed by atoms with Gasteiger partial charge in [-0.2, -0.15) is 0 Å². The van der Waals surface area contributed by atoms with Gasteiger partial charge in [0.05, 0.1) is 12.9 Å². The first kappa shape index (κ1) is 21.4. The number of para-hydroxylation sites is 2. The van der Waals surface area contributed by atoms with Gasteiger partial charge in [0.25, 0.3) is 0 Å². The quantitative estimate of drug-likeness (QED) is 0.385. The van der Waals surface area contributed by atoms with Gasteiger partial charge in [-0.15, -0.1) is 16.8 Å². The van der Waals surface area contributed by atoms with Gasteiger partial charge in [0, 0.05) is 12.6 Å². The Morgan fingerprint density at radius 2 is 2.13 bits per heavy atom. The minimum atomic E-state index is -0.393. The van der Waals surface area contributed by atoms with Gasteiger partial charge in [0.1, 0.15) is 5.76 Å². The highest BCUT2D eigenvalue weighted by atomic mass is 32.2. The maximum atomic E-state index is 12.2. The molecule has 0 aliphatic rings. The molecule has 0 fully saturated rings. The predicted octanol–water partition coefficient (Wildman–Crippen LogP) is 3.64. The number of benzene rings is 1. The second kappa shape index (κ2) is 9.97. The van der Waals surface area contributed by atoms with Crippen molar-refractivity contribution >= 4 is 23.5 Å². The minimum Gasteiger partial charge on any atom is -0.493 e. The number of anilines is 1. The Morgan fingerprint density at radius 1 is 1.37 bits per heavy atom. The summed E-state index contributed by atoms with van der Waals surface area (Å²) in [6, 6.07) is 9.05. The molecular formula is C20H23N5O4S. The molecule has 3 aromatic rings. The zero-order chi connectivity index (χ0) is 21.5. The van der Waals surface area contributed by atoms with Crippen molar-refractivity contribution < 1.29 is 18.8 Å². The largest absolute Gasteiger partial charge is 0.493 e. The summed E-state index contributed by atoms with van der Waals surface area (Å²) >= 11 is 1.26. The van der Waals surface area contributed by atoms with Crippen LogP contribution >= 0.6 is 11.8 Å². The number of hydrogen-bond donors (Lipinski definition) is 1. The molecule has 1 amide bonds. The molecule has 0 saturated carbocycles. The number of methoxy groups -OCH3 is 1. The number of aryl methyl sites for hydroxylation is 1. The van der Waals surface area contributed by atoms with Gasteiger partial charge in [0.2, 0.25) is 5.91 Å². The molecule has 2 heterocycles. The molecule has 0 bridgehead atoms. The van der Waals surface area contributed by atoms with E-state index in [1.807, 2.05) is 35.8 Å². The molecule has 1 unspecified atom stereocenters. The third kappa shape index (κ3) is 5.20. The van der Waals surface area contributed by atoms with Gasteiger partial charge < -0.3 is 19.3 Å². The number of amides is 1. The fourth-order valence-electron chi connectivity index (χ4n) is 2.70. The van der Waals surface area contributed by atoms with E-state index in [1.165, 1.54) is 11.8 Å². The molecule has 0 radical (unpaired) electrons. The fraction of sp³-hybridized carbons (Fsp3) is 0.300. The molecule has 3 rings (SSSR count). The average molecular weight is 430 g/mol. The fourth-order valence-corrected chi connectivity index (χ4v) is 3.46. The van der Waals surface area contributed by atoms with Gasteiger partial charge in [-0.05, 0) is 26.0 Å². The number of carbonyl (C=O) groups is 1. The van der Waals surface area contributed by atoms with Crippen LogP contribution in [-0.4, -0.2) is 38.7 Å². The van der Waals surface area contributed by atoms with E-state index >= 15 is 0 Å². The van der Waals surface area contributed by atoms with Crippen LogP contribution in [0.5, 0.6) is 11.5 Å². The lowest BCUT2D eigenvalue weighted by atomic mass is 10.3. The Hall–Kier alpha value is -3.27. The van der Waals surface area contributed by atoms with E-state index in [0.29, 0.717) is 40.6 Å². The molecule has 158 valence electrons. The van der Waals surface area contributed by atoms with Crippen molar-refractivity contribution in [1.82, 2.24) is 19.9 Å². The van der Waals surface area contributed by atoms with Crippen LogP contribution < -0.4 is 14.8 Å². The molecule has 30 heavy (non-hydrogen) atoms. The van der Waals surface area contributed by atoms with Crippen LogP contribution in [0.1, 0.15) is 24.6 Å². The third-order valence-corrected chi connectivity index (χ3v) is 4.99. The molecule has 9 nitrogen and oxygen atoms in total. The standard InChI is InChI=1S/C20H23N5O4S/c1-5-10-25-19(14(3)28-16-9-7-6-8-15(16)27-4)22-23-20(25)30-12-18(26)21-17-11-13(2)29-24-17/h5-9,11,14H,1,10,12H2,2-4H3,(H,21,24,26). The summed E-state index contributed by atoms with van der Waals surface area (Å²) < 4.78 is 18.2. The summed E-state index contributed by atoms with van der Waals surface area (Å²) in [7, 11) is 1.59. The summed E-state index contributed by atoms with van der Waals surface area (Å²) in [4.78, 5) is 12.2. The number of hydrogen-bond acceptors (Lipinski definition) is 8. The second-order valence-corrected chi connectivity index (χ2v) is 7.25. The first-order chi connectivity index (χ1) is 14.5. The predicted molar refractivity (Wildman–Crippen MR) is 113 cm³/mol. The van der Waals surface area contributed by atoms with Gasteiger partial charge in [0.15, 0.2) is 34.4 Å². The van der Waals surface area contributed by atoms with Crippen LogP contribution in [0.2, 0.25) is 0 Å². The SMILES string of the molecule is C=CCn1c(SCC(=O)Nc2cc(C)on2)nnc1C(C)Oc1ccccc1OC. The molecule has 1 atom stereocenters. The summed E-state index contributed by atoms with van der Waals surface area (Å²) in [6.07, 6.45) is 1.35. The lowest BCUT2D eigenvalue weighted by Gasteiger charge is -2.17. The van der Waals surface area contributed by atoms with Crippen molar-refractivity contribution in [2.24, 2.45) is 0 Å². The molecule has 0 aliphatic heterocycles. The third-order valence-electron chi connectivity index (χ3n) is 4.02. The number of thioether (sulfide) groups is 1. The average Bonchev–Trinajstić information content (AvgIpc) is 3.33. The summed E-state index contributed by atoms with van der Waals surface area (Å²) in [5.74, 6) is 2.79. The van der Waals surface area contributed by atoms with E-state index < -0.39 is 6.10 Å². The van der Waals surface area contributed by atoms with Crippen molar-refractivity contribution in [3.8, 4) is 11.5 Å². The zero-order valence-corrected chi connectivity index (χ0v) is 17.8. The van der Waals surface area contributed by atoms with E-state index in [2.05, 4.69) is 27.2 Å². The Balaban J connectivity index is 1.69. The number of nitrogens with zero attached hydrogens (tertiary/aromatic N) is 4. The van der Waals surface area contributed by atoms with Crippen molar-refractivity contribution in [1.29, 1.82) is 0 Å². The van der Waals surface area contributed by atoms with E-state index in [0.717, 1.165) is 0 Å². The number of ether oxygens (including phenoxy) is 2. The monoisotopic (exact) mass is 429 g/mol. The zero-order valence-electron chi connectivity index (χ0n) is 17.0. The molecule has 0 saturated heterocycles. The van der Waals surface area contributed by atoms with Crippen LogP contribution in [0.25, 0.3) is 0 Å². The van der Waals surface area contributed by atoms with Gasteiger partial charge in [-0.3, -0.25) is 9.36 Å². The highest BCUT2D eigenvalue weighted by Gasteiger charge is 2.21. The molecule has 0 aliphatic carbocycles. The molecule has 1 N–H and O–H groups in total. The lowest BCUT2D eigenvalue weighted by Crippen LogP contribution is -2.15. The van der Waals surface area contributed by atoms with E-state index in [9.17, 15) is 4.79 Å². The van der Waals surface area contributed by atoms with Crippen molar-refractivity contribution in [3.05, 3.63) is 54.6 Å². The molecule has 10 heteroatoms. The summed E-state index contributed by atoms with van der Waals surface area (Å²) in [5.41, 5.74) is 0. The van der Waals surface area contributed by atoms with Gasteiger partial charge in [-0.25, -0.2) is 0 Å². The van der Waals surface area contributed by atoms with E-state index in [-0.39, 0.29) is 11.7 Å². The van der Waals surface area contributed by atoms with Crippen molar-refractivity contribution in [3.63, 3.8) is 0 Å². The Morgan fingerprint density at radius 3 is 2.80 bits per heavy atom. The Labute approximate surface area is 178 Å². The van der Waals surface area contributed by atoms with Crippen molar-refractivity contribution in [2.45, 2.75) is 31.7 Å². The Bertz CT molecular complexity index is 1020. The van der Waals surface area contributed by atoms with Crippen LogP contribution in [0.4, 0.5) is 5.82 Å². The Kier molecular flexibility index (Phi) is 7.12. The van der Waals surface area contributed by atoms with Crippen LogP contribution in [0.15, 0.2) is 52.7 Å². The maximum absolute atomic E-state index is 12.2. The number of nitrogens with one attached hydrogen (secondary N) is 1. The van der Waals surface area contributed by atoms with Crippen LogP contribution in [0, 0.1) is 6.92 Å². The first-order valence-electron chi connectivity index (χ1n) is 9.21. The summed E-state index contributed by atoms with van der Waals surface area (Å²) in [5, 5.41) is 15.5. The topological polar surface area (TPSA) is 104 Å². The number of allylic oxidation sites excluding steroid dienone is 1. The van der Waals surface area contributed by atoms with Crippen molar-refractivity contribution in [2.75, 3.05) is 18.2 Å². The smallest absolute Gasteiger partial charge is 0.236 e. The minimum absolute atomic E-state index is 0.142. The van der Waals surface area contributed by atoms with Crippen LogP contribution in [-0.2, 0) is 11.3 Å². The van der Waals surface area contributed by atoms with Crippen LogP contribution in [0.3, 0.4) is 0 Å². The number of rotatable bonds is 10. The maximum Gasteiger partial charge on any atom is 0.236 e. The number of aromatic nitrogens is 4. The normalized spacial score (nSPS) is 11.7. The summed E-state index contributed by atoms with van der Waals surface area (Å²) in [6.45, 7) is 7.91. The van der Waals surface area contributed by atoms with E-state index in [1.54, 1.807) is 26.2 Å². The highest BCUT2D eigenvalue weighted by Crippen LogP contribution is 2.31. The molecule has 1 aromatic carbocycles. The molecule has 2 aromatic heterocycles. The second-order valence-electron chi connectivity index (χ2n) is 6.31. The highest BCUT2D eigenvalue weighted by molar-refractivity contribution is 7.99. The van der Waals surface area contributed by atoms with E-state index in [4.69, 9.17) is 14.0 Å². The lowest BCUT2D eigenvalue weighted by molar-refractivity contribution is -0.113. The van der Waals surface area contributed by atoms with Gasteiger partial charge in [-0.1, -0.05) is 35.1 Å².